The van der Waals surface area contributed by atoms with Crippen LogP contribution >= 0.6 is 0 Å². The predicted octanol–water partition coefficient (Wildman–Crippen LogP) is 0.632. The van der Waals surface area contributed by atoms with Crippen molar-refractivity contribution in [2.45, 2.75) is 25.8 Å². The minimum atomic E-state index is 0.167. The van der Waals surface area contributed by atoms with Crippen molar-refractivity contribution in [3.63, 3.8) is 0 Å². The van der Waals surface area contributed by atoms with Crippen molar-refractivity contribution >= 4 is 11.6 Å². The molecule has 0 spiro atoms. The number of rotatable bonds is 5. The molecule has 1 atom stereocenters. The molecule has 0 saturated heterocycles. The fourth-order valence-electron chi connectivity index (χ4n) is 1.13. The first-order valence-corrected chi connectivity index (χ1v) is 4.71. The normalized spacial score (nSPS) is 12.4. The van der Waals surface area contributed by atoms with Gasteiger partial charge in [-0.3, -0.25) is 0 Å². The summed E-state index contributed by atoms with van der Waals surface area (Å²) < 4.78 is 0. The van der Waals surface area contributed by atoms with E-state index < -0.39 is 0 Å². The lowest BCUT2D eigenvalue weighted by Gasteiger charge is -2.15. The first-order chi connectivity index (χ1) is 6.76. The Morgan fingerprint density at radius 1 is 1.50 bits per heavy atom. The molecule has 0 aliphatic carbocycles. The van der Waals surface area contributed by atoms with Gasteiger partial charge in [0.05, 0.1) is 18.1 Å². The standard InChI is InChI=1S/C9H16N4O/c1-2-8(3-4-14)13-9-11-5-7(10)6-12-9/h5-6,8,14H,2-4,10H2,1H3,(H,11,12,13). The summed E-state index contributed by atoms with van der Waals surface area (Å²) >= 11 is 0. The van der Waals surface area contributed by atoms with E-state index >= 15 is 0 Å². The Morgan fingerprint density at radius 3 is 2.64 bits per heavy atom. The van der Waals surface area contributed by atoms with Gasteiger partial charge in [0.1, 0.15) is 0 Å². The van der Waals surface area contributed by atoms with E-state index in [1.807, 2.05) is 6.92 Å². The molecule has 0 aromatic carbocycles. The molecule has 1 aromatic rings. The summed E-state index contributed by atoms with van der Waals surface area (Å²) in [6, 6.07) is 0.212. The summed E-state index contributed by atoms with van der Waals surface area (Å²) in [6.07, 6.45) is 4.74. The first kappa shape index (κ1) is 10.7. The molecule has 0 aliphatic heterocycles. The number of anilines is 2. The number of nitrogens with zero attached hydrogens (tertiary/aromatic N) is 2. The molecule has 4 N–H and O–H groups in total. The number of nitrogens with one attached hydrogen (secondary N) is 1. The van der Waals surface area contributed by atoms with Crippen LogP contribution in [0.25, 0.3) is 0 Å². The van der Waals surface area contributed by atoms with Crippen molar-refractivity contribution in [2.75, 3.05) is 17.7 Å². The van der Waals surface area contributed by atoms with E-state index in [2.05, 4.69) is 15.3 Å². The average molecular weight is 196 g/mol. The minimum absolute atomic E-state index is 0.167. The van der Waals surface area contributed by atoms with Gasteiger partial charge in [-0.2, -0.15) is 0 Å². The van der Waals surface area contributed by atoms with Gasteiger partial charge in [-0.1, -0.05) is 6.92 Å². The molecule has 5 nitrogen and oxygen atoms in total. The van der Waals surface area contributed by atoms with Crippen LogP contribution in [0.4, 0.5) is 11.6 Å². The van der Waals surface area contributed by atoms with Gasteiger partial charge >= 0.3 is 0 Å². The average Bonchev–Trinajstić information content (AvgIpc) is 2.20. The van der Waals surface area contributed by atoms with Crippen LogP contribution in [0.1, 0.15) is 19.8 Å². The quantitative estimate of drug-likeness (QED) is 0.643. The molecule has 0 radical (unpaired) electrons. The van der Waals surface area contributed by atoms with E-state index in [1.54, 1.807) is 12.4 Å². The van der Waals surface area contributed by atoms with Gasteiger partial charge in [0.15, 0.2) is 0 Å². The van der Waals surface area contributed by atoms with Crippen LogP contribution in [0, 0.1) is 0 Å². The summed E-state index contributed by atoms with van der Waals surface area (Å²) in [5, 5.41) is 11.9. The maximum atomic E-state index is 8.79. The fraction of sp³-hybridized carbons (Fsp3) is 0.556. The van der Waals surface area contributed by atoms with Crippen LogP contribution in [0.5, 0.6) is 0 Å². The SMILES string of the molecule is CCC(CCO)Nc1ncc(N)cn1. The molecule has 1 heterocycles. The number of aromatic nitrogens is 2. The number of aliphatic hydroxyl groups is 1. The van der Waals surface area contributed by atoms with Crippen molar-refractivity contribution in [1.29, 1.82) is 0 Å². The smallest absolute Gasteiger partial charge is 0.222 e. The topological polar surface area (TPSA) is 84.1 Å². The van der Waals surface area contributed by atoms with Crippen LogP contribution in [0.2, 0.25) is 0 Å². The molecule has 1 aromatic heterocycles. The summed E-state index contributed by atoms with van der Waals surface area (Å²) in [4.78, 5) is 8.04. The van der Waals surface area contributed by atoms with Gasteiger partial charge in [0, 0.05) is 12.6 Å². The van der Waals surface area contributed by atoms with E-state index in [9.17, 15) is 0 Å². The Bertz CT molecular complexity index is 262. The third-order valence-electron chi connectivity index (χ3n) is 1.98. The molecule has 0 amide bonds. The van der Waals surface area contributed by atoms with Crippen LogP contribution in [0.3, 0.4) is 0 Å². The van der Waals surface area contributed by atoms with Crippen LogP contribution < -0.4 is 11.1 Å². The van der Waals surface area contributed by atoms with E-state index in [4.69, 9.17) is 10.8 Å². The third-order valence-corrected chi connectivity index (χ3v) is 1.98. The third kappa shape index (κ3) is 3.18. The van der Waals surface area contributed by atoms with Crippen LogP contribution in [0.15, 0.2) is 12.4 Å². The molecular formula is C9H16N4O. The molecule has 1 unspecified atom stereocenters. The molecule has 0 fully saturated rings. The lowest BCUT2D eigenvalue weighted by Crippen LogP contribution is -2.21. The Hall–Kier alpha value is -1.36. The second-order valence-corrected chi connectivity index (χ2v) is 3.10. The number of nitrogen functional groups attached to an aromatic ring is 1. The molecular weight excluding hydrogens is 180 g/mol. The lowest BCUT2D eigenvalue weighted by atomic mass is 10.2. The Kier molecular flexibility index (Phi) is 4.12. The Labute approximate surface area is 83.4 Å². The van der Waals surface area contributed by atoms with Gasteiger partial charge < -0.3 is 16.2 Å². The van der Waals surface area contributed by atoms with Crippen molar-refractivity contribution < 1.29 is 5.11 Å². The second-order valence-electron chi connectivity index (χ2n) is 3.10. The minimum Gasteiger partial charge on any atom is -0.396 e. The van der Waals surface area contributed by atoms with Crippen molar-refractivity contribution in [3.8, 4) is 0 Å². The summed E-state index contributed by atoms with van der Waals surface area (Å²) in [6.45, 7) is 2.21. The van der Waals surface area contributed by atoms with Gasteiger partial charge in [-0.15, -0.1) is 0 Å². The number of hydrogen-bond acceptors (Lipinski definition) is 5. The monoisotopic (exact) mass is 196 g/mol. The van der Waals surface area contributed by atoms with Crippen LogP contribution in [-0.2, 0) is 0 Å². The maximum absolute atomic E-state index is 8.79. The largest absolute Gasteiger partial charge is 0.396 e. The van der Waals surface area contributed by atoms with Gasteiger partial charge in [-0.05, 0) is 12.8 Å². The molecule has 0 aliphatic rings. The highest BCUT2D eigenvalue weighted by atomic mass is 16.3. The highest BCUT2D eigenvalue weighted by molar-refractivity contribution is 5.36. The van der Waals surface area contributed by atoms with Crippen molar-refractivity contribution in [1.82, 2.24) is 9.97 Å². The zero-order chi connectivity index (χ0) is 10.4. The number of hydrogen-bond donors (Lipinski definition) is 3. The van der Waals surface area contributed by atoms with Gasteiger partial charge in [-0.25, -0.2) is 9.97 Å². The number of nitrogens with two attached hydrogens (primary N) is 1. The van der Waals surface area contributed by atoms with Crippen molar-refractivity contribution in [2.24, 2.45) is 0 Å². The van der Waals surface area contributed by atoms with E-state index in [0.29, 0.717) is 18.1 Å². The zero-order valence-corrected chi connectivity index (χ0v) is 8.27. The molecule has 1 rings (SSSR count). The first-order valence-electron chi connectivity index (χ1n) is 4.71. The summed E-state index contributed by atoms with van der Waals surface area (Å²) in [5.41, 5.74) is 6.00. The molecule has 14 heavy (non-hydrogen) atoms. The maximum Gasteiger partial charge on any atom is 0.222 e. The fourth-order valence-corrected chi connectivity index (χ4v) is 1.13. The van der Waals surface area contributed by atoms with E-state index in [1.165, 1.54) is 0 Å². The second kappa shape index (κ2) is 5.39. The molecule has 5 heteroatoms. The zero-order valence-electron chi connectivity index (χ0n) is 8.27. The number of aliphatic hydroxyl groups excluding tert-OH is 1. The van der Waals surface area contributed by atoms with E-state index in [-0.39, 0.29) is 12.6 Å². The van der Waals surface area contributed by atoms with Gasteiger partial charge in [0.25, 0.3) is 0 Å². The van der Waals surface area contributed by atoms with Crippen LogP contribution in [-0.4, -0.2) is 27.7 Å². The predicted molar refractivity (Wildman–Crippen MR) is 55.8 cm³/mol. The van der Waals surface area contributed by atoms with Crippen molar-refractivity contribution in [3.05, 3.63) is 12.4 Å². The highest BCUT2D eigenvalue weighted by Crippen LogP contribution is 2.06. The Balaban J connectivity index is 2.53. The molecule has 0 saturated carbocycles. The summed E-state index contributed by atoms with van der Waals surface area (Å²) in [7, 11) is 0. The molecule has 0 bridgehead atoms. The molecule has 78 valence electrons. The van der Waals surface area contributed by atoms with Gasteiger partial charge in [0.2, 0.25) is 5.95 Å². The lowest BCUT2D eigenvalue weighted by molar-refractivity contribution is 0.278. The Morgan fingerprint density at radius 2 is 2.14 bits per heavy atom. The summed E-state index contributed by atoms with van der Waals surface area (Å²) in [5.74, 6) is 0.555. The highest BCUT2D eigenvalue weighted by Gasteiger charge is 2.06. The van der Waals surface area contributed by atoms with E-state index in [0.717, 1.165) is 6.42 Å².